The van der Waals surface area contributed by atoms with Crippen LogP contribution in [-0.4, -0.2) is 28.5 Å². The summed E-state index contributed by atoms with van der Waals surface area (Å²) in [4.78, 5) is 28.1. The monoisotopic (exact) mass is 341 g/mol. The molecular weight excluding hydrogens is 318 g/mol. The summed E-state index contributed by atoms with van der Waals surface area (Å²) in [5.41, 5.74) is 7.26. The van der Waals surface area contributed by atoms with Gasteiger partial charge in [-0.3, -0.25) is 9.78 Å². The van der Waals surface area contributed by atoms with Crippen molar-refractivity contribution in [3.63, 3.8) is 0 Å². The van der Waals surface area contributed by atoms with Gasteiger partial charge in [0.15, 0.2) is 0 Å². The smallest absolute Gasteiger partial charge is 0.338 e. The summed E-state index contributed by atoms with van der Waals surface area (Å²) in [5.74, 6) is -0.701. The first kappa shape index (κ1) is 18.6. The Bertz CT molecular complexity index is 722. The number of nitrogens with zero attached hydrogens (tertiary/aromatic N) is 1. The van der Waals surface area contributed by atoms with E-state index in [1.807, 2.05) is 26.8 Å². The lowest BCUT2D eigenvalue weighted by Gasteiger charge is -2.19. The zero-order valence-electron chi connectivity index (χ0n) is 14.7. The van der Waals surface area contributed by atoms with Crippen LogP contribution >= 0.6 is 0 Å². The number of carbonyl (C=O) groups excluding carboxylic acids is 2. The van der Waals surface area contributed by atoms with Gasteiger partial charge >= 0.3 is 5.97 Å². The van der Waals surface area contributed by atoms with Crippen molar-refractivity contribution >= 4 is 17.6 Å². The molecule has 0 aliphatic rings. The molecule has 1 heterocycles. The number of amides is 1. The Kier molecular flexibility index (Phi) is 5.88. The van der Waals surface area contributed by atoms with Gasteiger partial charge < -0.3 is 15.8 Å². The molecule has 0 unspecified atom stereocenters. The quantitative estimate of drug-likeness (QED) is 0.815. The Morgan fingerprint density at radius 1 is 1.20 bits per heavy atom. The molecule has 6 heteroatoms. The maximum Gasteiger partial charge on any atom is 0.338 e. The maximum absolute atomic E-state index is 12.2. The molecule has 25 heavy (non-hydrogen) atoms. The van der Waals surface area contributed by atoms with E-state index in [9.17, 15) is 9.59 Å². The first-order valence-corrected chi connectivity index (χ1v) is 8.03. The summed E-state index contributed by atoms with van der Waals surface area (Å²) in [6.07, 6.45) is 3.75. The lowest BCUT2D eigenvalue weighted by Crippen LogP contribution is -2.37. The van der Waals surface area contributed by atoms with Crippen molar-refractivity contribution in [3.8, 4) is 0 Å². The molecule has 3 N–H and O–H groups in total. The Labute approximate surface area is 147 Å². The molecule has 0 fully saturated rings. The summed E-state index contributed by atoms with van der Waals surface area (Å²) >= 11 is 0. The zero-order valence-corrected chi connectivity index (χ0v) is 14.7. The highest BCUT2D eigenvalue weighted by atomic mass is 16.6. The van der Waals surface area contributed by atoms with Gasteiger partial charge in [0.05, 0.1) is 11.6 Å². The normalized spacial score (nSPS) is 12.3. The number of rotatable bonds is 5. The van der Waals surface area contributed by atoms with Gasteiger partial charge in [-0.25, -0.2) is 4.79 Å². The van der Waals surface area contributed by atoms with E-state index < -0.39 is 17.6 Å². The molecule has 0 bridgehead atoms. The van der Waals surface area contributed by atoms with Gasteiger partial charge in [-0.1, -0.05) is 6.07 Å². The van der Waals surface area contributed by atoms with Gasteiger partial charge in [0.1, 0.15) is 5.60 Å². The van der Waals surface area contributed by atoms with Crippen LogP contribution in [0, 0.1) is 0 Å². The van der Waals surface area contributed by atoms with E-state index in [0.29, 0.717) is 17.7 Å². The molecule has 6 nitrogen and oxygen atoms in total. The number of ether oxygens (including phenoxy) is 1. The first-order valence-electron chi connectivity index (χ1n) is 8.03. The van der Waals surface area contributed by atoms with Crippen LogP contribution in [-0.2, 0) is 16.0 Å². The van der Waals surface area contributed by atoms with Gasteiger partial charge in [0.25, 0.3) is 0 Å². The molecule has 1 atom stereocenters. The summed E-state index contributed by atoms with van der Waals surface area (Å²) in [7, 11) is 0. The number of carbonyl (C=O) groups is 2. The van der Waals surface area contributed by atoms with E-state index >= 15 is 0 Å². The molecule has 0 aliphatic carbocycles. The third-order valence-electron chi connectivity index (χ3n) is 3.30. The second kappa shape index (κ2) is 7.90. The minimum atomic E-state index is -0.685. The number of aromatic nitrogens is 1. The summed E-state index contributed by atoms with van der Waals surface area (Å²) < 4.78 is 5.30. The molecule has 0 saturated heterocycles. The predicted molar refractivity (Wildman–Crippen MR) is 96.2 cm³/mol. The van der Waals surface area contributed by atoms with Crippen molar-refractivity contribution in [3.05, 3.63) is 59.9 Å². The fraction of sp³-hybridized carbons (Fsp3) is 0.316. The van der Waals surface area contributed by atoms with E-state index in [1.54, 1.807) is 42.7 Å². The number of nitrogens with two attached hydrogens (primary N) is 1. The van der Waals surface area contributed by atoms with Crippen LogP contribution in [0.25, 0.3) is 0 Å². The molecule has 1 aromatic carbocycles. The van der Waals surface area contributed by atoms with Crippen LogP contribution in [0.5, 0.6) is 0 Å². The molecule has 1 aromatic heterocycles. The summed E-state index contributed by atoms with van der Waals surface area (Å²) in [5, 5.41) is 2.74. The van der Waals surface area contributed by atoms with Crippen molar-refractivity contribution in [2.24, 2.45) is 5.73 Å². The van der Waals surface area contributed by atoms with Crippen molar-refractivity contribution in [1.82, 2.24) is 4.98 Å². The van der Waals surface area contributed by atoms with Crippen molar-refractivity contribution in [2.75, 3.05) is 5.32 Å². The van der Waals surface area contributed by atoms with E-state index in [4.69, 9.17) is 10.5 Å². The number of hydrogen-bond donors (Lipinski definition) is 2. The van der Waals surface area contributed by atoms with Crippen LogP contribution in [0.1, 0.15) is 36.7 Å². The first-order chi connectivity index (χ1) is 11.7. The molecule has 132 valence electrons. The third kappa shape index (κ3) is 6.00. The number of pyridine rings is 1. The summed E-state index contributed by atoms with van der Waals surface area (Å²) in [6, 6.07) is 9.49. The van der Waals surface area contributed by atoms with E-state index in [1.165, 1.54) is 0 Å². The average molecular weight is 341 g/mol. The third-order valence-corrected chi connectivity index (χ3v) is 3.30. The minimum absolute atomic E-state index is 0.297. The number of nitrogens with one attached hydrogen (secondary N) is 1. The van der Waals surface area contributed by atoms with Crippen LogP contribution in [0.15, 0.2) is 48.8 Å². The van der Waals surface area contributed by atoms with Gasteiger partial charge in [-0.05, 0) is 63.1 Å². The average Bonchev–Trinajstić information content (AvgIpc) is 2.54. The Hall–Kier alpha value is -2.73. The second-order valence-electron chi connectivity index (χ2n) is 6.74. The minimum Gasteiger partial charge on any atom is -0.456 e. The highest BCUT2D eigenvalue weighted by Crippen LogP contribution is 2.15. The lowest BCUT2D eigenvalue weighted by atomic mass is 10.1. The SMILES string of the molecule is CC(C)(C)OC(=O)c1ccc(NC(=O)[C@@H](N)Cc2cccnc2)cc1. The van der Waals surface area contributed by atoms with Crippen LogP contribution in [0.3, 0.4) is 0 Å². The molecule has 0 spiro atoms. The zero-order chi connectivity index (χ0) is 18.4. The molecule has 2 rings (SSSR count). The van der Waals surface area contributed by atoms with E-state index in [2.05, 4.69) is 10.3 Å². The highest BCUT2D eigenvalue weighted by molar-refractivity contribution is 5.96. The number of esters is 1. The van der Waals surface area contributed by atoms with Crippen molar-refractivity contribution in [2.45, 2.75) is 38.8 Å². The van der Waals surface area contributed by atoms with Crippen molar-refractivity contribution < 1.29 is 14.3 Å². The molecule has 0 saturated carbocycles. The molecule has 0 aliphatic heterocycles. The fourth-order valence-corrected chi connectivity index (χ4v) is 2.13. The molecule has 0 radical (unpaired) electrons. The largest absolute Gasteiger partial charge is 0.456 e. The van der Waals surface area contributed by atoms with Gasteiger partial charge in [0.2, 0.25) is 5.91 Å². The van der Waals surface area contributed by atoms with Crippen LogP contribution in [0.2, 0.25) is 0 Å². The number of anilines is 1. The second-order valence-corrected chi connectivity index (χ2v) is 6.74. The van der Waals surface area contributed by atoms with Crippen LogP contribution < -0.4 is 11.1 Å². The Balaban J connectivity index is 1.94. The predicted octanol–water partition coefficient (Wildman–Crippen LogP) is 2.55. The molecule has 1 amide bonds. The van der Waals surface area contributed by atoms with Crippen molar-refractivity contribution in [1.29, 1.82) is 0 Å². The standard InChI is InChI=1S/C19H23N3O3/c1-19(2,3)25-18(24)14-6-8-15(9-7-14)22-17(23)16(20)11-13-5-4-10-21-12-13/h4-10,12,16H,11,20H2,1-3H3,(H,22,23)/t16-/m0/s1. The van der Waals surface area contributed by atoms with Crippen LogP contribution in [0.4, 0.5) is 5.69 Å². The summed E-state index contributed by atoms with van der Waals surface area (Å²) in [6.45, 7) is 5.43. The highest BCUT2D eigenvalue weighted by Gasteiger charge is 2.18. The maximum atomic E-state index is 12.2. The van der Waals surface area contributed by atoms with Gasteiger partial charge in [-0.2, -0.15) is 0 Å². The number of benzene rings is 1. The number of hydrogen-bond acceptors (Lipinski definition) is 5. The van der Waals surface area contributed by atoms with E-state index in [-0.39, 0.29) is 5.91 Å². The Morgan fingerprint density at radius 3 is 2.44 bits per heavy atom. The molecular formula is C19H23N3O3. The fourth-order valence-electron chi connectivity index (χ4n) is 2.13. The van der Waals surface area contributed by atoms with E-state index in [0.717, 1.165) is 5.56 Å². The molecule has 2 aromatic rings. The Morgan fingerprint density at radius 2 is 1.88 bits per heavy atom. The van der Waals surface area contributed by atoms with Gasteiger partial charge in [-0.15, -0.1) is 0 Å². The topological polar surface area (TPSA) is 94.3 Å². The lowest BCUT2D eigenvalue weighted by molar-refractivity contribution is -0.117. The van der Waals surface area contributed by atoms with Gasteiger partial charge in [0, 0.05) is 18.1 Å².